The van der Waals surface area contributed by atoms with Gasteiger partial charge >= 0.3 is 0 Å². The van der Waals surface area contributed by atoms with Gasteiger partial charge in [-0.15, -0.1) is 0 Å². The van der Waals surface area contributed by atoms with Gasteiger partial charge in [-0.3, -0.25) is 4.79 Å². The third kappa shape index (κ3) is 4.97. The summed E-state index contributed by atoms with van der Waals surface area (Å²) in [5.41, 5.74) is 3.84. The van der Waals surface area contributed by atoms with Crippen molar-refractivity contribution in [3.05, 3.63) is 29.3 Å². The predicted molar refractivity (Wildman–Crippen MR) is 128 cm³/mol. The Morgan fingerprint density at radius 1 is 0.844 bits per heavy atom. The second-order valence-corrected chi connectivity index (χ2v) is 11.5. The highest BCUT2D eigenvalue weighted by atomic mass is 32.2. The molecule has 1 unspecified atom stereocenters. The molecule has 8 heteroatoms. The second-order valence-electron chi connectivity index (χ2n) is 9.55. The zero-order valence-electron chi connectivity index (χ0n) is 19.6. The van der Waals surface area contributed by atoms with Gasteiger partial charge in [0.2, 0.25) is 5.91 Å². The number of piperidine rings is 1. The smallest absolute Gasteiger partial charge is 0.281 e. The van der Waals surface area contributed by atoms with Crippen molar-refractivity contribution in [3.63, 3.8) is 0 Å². The molecular formula is C24H38N4O3S. The Hall–Kier alpha value is -1.64. The Balaban J connectivity index is 1.36. The van der Waals surface area contributed by atoms with E-state index in [0.29, 0.717) is 39.3 Å². The highest BCUT2D eigenvalue weighted by Gasteiger charge is 2.37. The summed E-state index contributed by atoms with van der Waals surface area (Å²) in [5, 5.41) is 0. The number of nitrogens with zero attached hydrogens (tertiary/aromatic N) is 4. The monoisotopic (exact) mass is 462 g/mol. The Labute approximate surface area is 193 Å². The average molecular weight is 463 g/mol. The van der Waals surface area contributed by atoms with E-state index in [1.54, 1.807) is 8.61 Å². The molecule has 4 rings (SSSR count). The molecule has 7 nitrogen and oxygen atoms in total. The Morgan fingerprint density at radius 2 is 1.50 bits per heavy atom. The third-order valence-corrected chi connectivity index (χ3v) is 9.46. The summed E-state index contributed by atoms with van der Waals surface area (Å²) in [4.78, 5) is 17.6. The minimum absolute atomic E-state index is 0.126. The van der Waals surface area contributed by atoms with Gasteiger partial charge in [0.25, 0.3) is 10.2 Å². The van der Waals surface area contributed by atoms with E-state index < -0.39 is 10.2 Å². The first-order valence-electron chi connectivity index (χ1n) is 12.2. The number of hydrogen-bond donors (Lipinski definition) is 0. The van der Waals surface area contributed by atoms with Crippen LogP contribution in [0.25, 0.3) is 0 Å². The molecule has 1 aromatic carbocycles. The fourth-order valence-corrected chi connectivity index (χ4v) is 7.07. The van der Waals surface area contributed by atoms with Crippen molar-refractivity contribution < 1.29 is 13.2 Å². The van der Waals surface area contributed by atoms with E-state index in [0.717, 1.165) is 51.6 Å². The van der Waals surface area contributed by atoms with Gasteiger partial charge in [0.15, 0.2) is 0 Å². The fourth-order valence-electron chi connectivity index (χ4n) is 5.29. The number of hydrogen-bond acceptors (Lipinski definition) is 4. The van der Waals surface area contributed by atoms with E-state index >= 15 is 0 Å². The maximum Gasteiger partial charge on any atom is 0.281 e. The number of rotatable bonds is 4. The topological polar surface area (TPSA) is 64.2 Å². The number of carbonyl (C=O) groups is 1. The first-order chi connectivity index (χ1) is 15.4. The molecule has 1 amide bonds. The zero-order valence-corrected chi connectivity index (χ0v) is 20.4. The van der Waals surface area contributed by atoms with Crippen molar-refractivity contribution >= 4 is 21.8 Å². The van der Waals surface area contributed by atoms with Gasteiger partial charge in [-0.2, -0.15) is 17.0 Å². The van der Waals surface area contributed by atoms with Crippen LogP contribution in [-0.2, 0) is 15.0 Å². The van der Waals surface area contributed by atoms with Gasteiger partial charge in [-0.05, 0) is 56.7 Å². The molecule has 32 heavy (non-hydrogen) atoms. The van der Waals surface area contributed by atoms with Crippen LogP contribution in [0.5, 0.6) is 0 Å². The van der Waals surface area contributed by atoms with Crippen LogP contribution in [0.15, 0.2) is 18.2 Å². The van der Waals surface area contributed by atoms with E-state index in [4.69, 9.17) is 0 Å². The molecule has 3 saturated heterocycles. The summed E-state index contributed by atoms with van der Waals surface area (Å²) in [6, 6.07) is 6.39. The van der Waals surface area contributed by atoms with Crippen molar-refractivity contribution in [1.82, 2.24) is 13.5 Å². The molecule has 3 aliphatic rings. The Morgan fingerprint density at radius 3 is 2.19 bits per heavy atom. The molecule has 0 radical (unpaired) electrons. The van der Waals surface area contributed by atoms with E-state index in [-0.39, 0.29) is 11.8 Å². The number of amides is 1. The van der Waals surface area contributed by atoms with Crippen LogP contribution in [-0.4, -0.2) is 80.2 Å². The molecule has 3 fully saturated rings. The average Bonchev–Trinajstić information content (AvgIpc) is 3.11. The number of anilines is 1. The number of aryl methyl sites for hydroxylation is 1. The van der Waals surface area contributed by atoms with Gasteiger partial charge in [0, 0.05) is 58.0 Å². The molecule has 0 aliphatic carbocycles. The van der Waals surface area contributed by atoms with Crippen LogP contribution in [0.4, 0.5) is 5.69 Å². The van der Waals surface area contributed by atoms with Crippen molar-refractivity contribution in [2.45, 2.75) is 52.4 Å². The van der Waals surface area contributed by atoms with E-state index in [1.807, 2.05) is 4.90 Å². The lowest BCUT2D eigenvalue weighted by Crippen LogP contribution is -2.54. The van der Waals surface area contributed by atoms with Crippen LogP contribution in [0.3, 0.4) is 0 Å². The predicted octanol–water partition coefficient (Wildman–Crippen LogP) is 2.78. The SMILES string of the molecule is Cc1cccc(N2CCN(C(=O)C3CCCN(S(=O)(=O)N4CCCCCC4)C3)CC2)c1C. The summed E-state index contributed by atoms with van der Waals surface area (Å²) in [5.74, 6) is -0.0980. The quantitative estimate of drug-likeness (QED) is 0.690. The summed E-state index contributed by atoms with van der Waals surface area (Å²) >= 11 is 0. The molecule has 0 saturated carbocycles. The van der Waals surface area contributed by atoms with Crippen molar-refractivity contribution in [1.29, 1.82) is 0 Å². The molecule has 3 heterocycles. The maximum atomic E-state index is 13.3. The molecule has 0 aromatic heterocycles. The molecule has 1 aromatic rings. The standard InChI is InChI=1S/C24H38N4O3S/c1-20-9-7-11-23(21(20)2)25-15-17-26(18-16-25)24(29)22-10-8-14-28(19-22)32(30,31)27-12-5-3-4-6-13-27/h7,9,11,22H,3-6,8,10,12-19H2,1-2H3. The number of carbonyl (C=O) groups excluding carboxylic acids is 1. The minimum atomic E-state index is -3.47. The largest absolute Gasteiger partial charge is 0.368 e. The molecule has 0 spiro atoms. The lowest BCUT2D eigenvalue weighted by atomic mass is 9.97. The molecule has 0 bridgehead atoms. The van der Waals surface area contributed by atoms with Crippen LogP contribution in [0.1, 0.15) is 49.7 Å². The molecule has 3 aliphatic heterocycles. The summed E-state index contributed by atoms with van der Waals surface area (Å²) in [6.45, 7) is 9.39. The lowest BCUT2D eigenvalue weighted by molar-refractivity contribution is -0.137. The van der Waals surface area contributed by atoms with Crippen LogP contribution >= 0.6 is 0 Å². The molecule has 178 valence electrons. The maximum absolute atomic E-state index is 13.3. The van der Waals surface area contributed by atoms with Gasteiger partial charge in [0.1, 0.15) is 0 Å². The van der Waals surface area contributed by atoms with E-state index in [1.165, 1.54) is 16.8 Å². The van der Waals surface area contributed by atoms with Gasteiger partial charge in [-0.25, -0.2) is 0 Å². The van der Waals surface area contributed by atoms with Crippen LogP contribution < -0.4 is 4.90 Å². The van der Waals surface area contributed by atoms with E-state index in [9.17, 15) is 13.2 Å². The van der Waals surface area contributed by atoms with Crippen molar-refractivity contribution in [3.8, 4) is 0 Å². The lowest BCUT2D eigenvalue weighted by Gasteiger charge is -2.40. The number of benzene rings is 1. The Bertz CT molecular complexity index is 904. The van der Waals surface area contributed by atoms with Gasteiger partial charge in [0.05, 0.1) is 5.92 Å². The summed E-state index contributed by atoms with van der Waals surface area (Å²) < 4.78 is 29.7. The molecule has 1 atom stereocenters. The normalized spacial score (nSPS) is 24.4. The van der Waals surface area contributed by atoms with Crippen molar-refractivity contribution in [2.24, 2.45) is 5.92 Å². The highest BCUT2D eigenvalue weighted by molar-refractivity contribution is 7.86. The van der Waals surface area contributed by atoms with Crippen LogP contribution in [0, 0.1) is 19.8 Å². The zero-order chi connectivity index (χ0) is 22.7. The third-order valence-electron chi connectivity index (χ3n) is 7.46. The summed E-state index contributed by atoms with van der Waals surface area (Å²) in [6.07, 6.45) is 5.59. The van der Waals surface area contributed by atoms with Crippen molar-refractivity contribution in [2.75, 3.05) is 57.3 Å². The van der Waals surface area contributed by atoms with Crippen LogP contribution in [0.2, 0.25) is 0 Å². The minimum Gasteiger partial charge on any atom is -0.368 e. The van der Waals surface area contributed by atoms with Gasteiger partial charge < -0.3 is 9.80 Å². The first kappa shape index (κ1) is 23.5. The van der Waals surface area contributed by atoms with Gasteiger partial charge in [-0.1, -0.05) is 25.0 Å². The second kappa shape index (κ2) is 10.1. The first-order valence-corrected chi connectivity index (χ1v) is 13.6. The van der Waals surface area contributed by atoms with E-state index in [2.05, 4.69) is 36.9 Å². The molecular weight excluding hydrogens is 424 g/mol. The fraction of sp³-hybridized carbons (Fsp3) is 0.708. The summed E-state index contributed by atoms with van der Waals surface area (Å²) in [7, 11) is -3.47. The number of piperazine rings is 1. The molecule has 0 N–H and O–H groups in total. The highest BCUT2D eigenvalue weighted by Crippen LogP contribution is 2.27. The Kier molecular flexibility index (Phi) is 7.42.